The fraction of sp³-hybridized carbons (Fsp3) is 0.455. The van der Waals surface area contributed by atoms with Crippen molar-refractivity contribution in [3.05, 3.63) is 29.8 Å². The second-order valence-electron chi connectivity index (χ2n) is 3.07. The first-order valence-corrected chi connectivity index (χ1v) is 5.30. The van der Waals surface area contributed by atoms with Crippen LogP contribution in [0.2, 0.25) is 0 Å². The molecule has 0 spiro atoms. The molecular weight excluding hydrogens is 198 g/mol. The van der Waals surface area contributed by atoms with Crippen LogP contribution in [-0.2, 0) is 6.54 Å². The van der Waals surface area contributed by atoms with Gasteiger partial charge in [-0.05, 0) is 30.7 Å². The molecule has 1 aromatic carbocycles. The normalized spacial score (nSPS) is 10.1. The van der Waals surface area contributed by atoms with Gasteiger partial charge in [0, 0.05) is 12.4 Å². The Morgan fingerprint density at radius 3 is 2.57 bits per heavy atom. The van der Waals surface area contributed by atoms with Gasteiger partial charge in [-0.25, -0.2) is 0 Å². The first-order chi connectivity index (χ1) is 6.86. The van der Waals surface area contributed by atoms with Crippen LogP contribution >= 0.6 is 11.6 Å². The average molecular weight is 214 g/mol. The third-order valence-corrected chi connectivity index (χ3v) is 2.24. The monoisotopic (exact) mass is 213 g/mol. The Hall–Kier alpha value is -0.730. The van der Waals surface area contributed by atoms with E-state index >= 15 is 0 Å². The Bertz CT molecular complexity index is 248. The van der Waals surface area contributed by atoms with Crippen LogP contribution in [0.15, 0.2) is 24.3 Å². The summed E-state index contributed by atoms with van der Waals surface area (Å²) in [5.74, 6) is 1.62. The zero-order valence-electron chi connectivity index (χ0n) is 8.42. The van der Waals surface area contributed by atoms with E-state index in [-0.39, 0.29) is 0 Å². The van der Waals surface area contributed by atoms with E-state index in [0.29, 0.717) is 0 Å². The molecule has 1 rings (SSSR count). The predicted molar refractivity (Wildman–Crippen MR) is 60.0 cm³/mol. The third-order valence-electron chi connectivity index (χ3n) is 1.98. The Kier molecular flexibility index (Phi) is 5.42. The summed E-state index contributed by atoms with van der Waals surface area (Å²) in [4.78, 5) is 0. The molecule has 0 atom stereocenters. The second kappa shape index (κ2) is 6.68. The van der Waals surface area contributed by atoms with Crippen molar-refractivity contribution >= 4 is 11.6 Å². The molecule has 0 aromatic heterocycles. The lowest BCUT2D eigenvalue weighted by atomic mass is 10.2. The van der Waals surface area contributed by atoms with Crippen molar-refractivity contribution in [2.45, 2.75) is 13.0 Å². The molecule has 0 saturated heterocycles. The SMILES string of the molecule is COc1ccc(CNCCCCl)cc1. The molecular formula is C11H16ClNO. The smallest absolute Gasteiger partial charge is 0.118 e. The fourth-order valence-electron chi connectivity index (χ4n) is 1.17. The number of halogens is 1. The van der Waals surface area contributed by atoms with Crippen molar-refractivity contribution in [2.24, 2.45) is 0 Å². The van der Waals surface area contributed by atoms with Crippen molar-refractivity contribution in [3.63, 3.8) is 0 Å². The summed E-state index contributed by atoms with van der Waals surface area (Å²) in [6.45, 7) is 1.86. The summed E-state index contributed by atoms with van der Waals surface area (Å²) >= 11 is 5.57. The van der Waals surface area contributed by atoms with E-state index in [9.17, 15) is 0 Å². The Morgan fingerprint density at radius 1 is 1.29 bits per heavy atom. The highest BCUT2D eigenvalue weighted by Gasteiger charge is 1.93. The maximum absolute atomic E-state index is 5.57. The van der Waals surface area contributed by atoms with Crippen molar-refractivity contribution < 1.29 is 4.74 Å². The van der Waals surface area contributed by atoms with E-state index in [0.717, 1.165) is 31.1 Å². The molecule has 14 heavy (non-hydrogen) atoms. The van der Waals surface area contributed by atoms with Crippen LogP contribution < -0.4 is 10.1 Å². The summed E-state index contributed by atoms with van der Waals surface area (Å²) in [6.07, 6.45) is 1.01. The van der Waals surface area contributed by atoms with E-state index in [1.54, 1.807) is 7.11 Å². The third kappa shape index (κ3) is 3.99. The van der Waals surface area contributed by atoms with Crippen LogP contribution in [0.5, 0.6) is 5.75 Å². The average Bonchev–Trinajstić information content (AvgIpc) is 2.25. The van der Waals surface area contributed by atoms with Gasteiger partial charge in [0.2, 0.25) is 0 Å². The minimum atomic E-state index is 0.718. The lowest BCUT2D eigenvalue weighted by Crippen LogP contribution is -2.14. The van der Waals surface area contributed by atoms with Gasteiger partial charge in [-0.15, -0.1) is 11.6 Å². The number of ether oxygens (including phenoxy) is 1. The molecule has 0 fully saturated rings. The minimum absolute atomic E-state index is 0.718. The van der Waals surface area contributed by atoms with E-state index in [4.69, 9.17) is 16.3 Å². The van der Waals surface area contributed by atoms with Crippen LogP contribution in [0, 0.1) is 0 Å². The number of alkyl halides is 1. The Balaban J connectivity index is 2.29. The quantitative estimate of drug-likeness (QED) is 0.579. The number of methoxy groups -OCH3 is 1. The molecule has 0 amide bonds. The standard InChI is InChI=1S/C11H16ClNO/c1-14-11-5-3-10(4-6-11)9-13-8-2-7-12/h3-6,13H,2,7-9H2,1H3. The van der Waals surface area contributed by atoms with Crippen LogP contribution in [0.25, 0.3) is 0 Å². The number of hydrogen-bond donors (Lipinski definition) is 1. The second-order valence-corrected chi connectivity index (χ2v) is 3.45. The van der Waals surface area contributed by atoms with Crippen molar-refractivity contribution in [1.82, 2.24) is 5.32 Å². The highest BCUT2D eigenvalue weighted by molar-refractivity contribution is 6.17. The summed E-state index contributed by atoms with van der Waals surface area (Å²) in [6, 6.07) is 8.07. The predicted octanol–water partition coefficient (Wildman–Crippen LogP) is 2.41. The Labute approximate surface area is 90.2 Å². The van der Waals surface area contributed by atoms with E-state index in [1.807, 2.05) is 12.1 Å². The molecule has 1 N–H and O–H groups in total. The molecule has 0 aliphatic carbocycles. The molecule has 0 radical (unpaired) electrons. The Morgan fingerprint density at radius 2 is 2.00 bits per heavy atom. The molecule has 0 aliphatic heterocycles. The number of benzene rings is 1. The van der Waals surface area contributed by atoms with Gasteiger partial charge in [-0.2, -0.15) is 0 Å². The molecule has 0 unspecified atom stereocenters. The number of nitrogens with one attached hydrogen (secondary N) is 1. The maximum Gasteiger partial charge on any atom is 0.118 e. The lowest BCUT2D eigenvalue weighted by Gasteiger charge is -2.04. The molecule has 2 nitrogen and oxygen atoms in total. The molecule has 3 heteroatoms. The summed E-state index contributed by atoms with van der Waals surface area (Å²) in [5, 5.41) is 3.31. The van der Waals surface area contributed by atoms with Crippen molar-refractivity contribution in [1.29, 1.82) is 0 Å². The topological polar surface area (TPSA) is 21.3 Å². The van der Waals surface area contributed by atoms with Gasteiger partial charge >= 0.3 is 0 Å². The first kappa shape index (κ1) is 11.3. The van der Waals surface area contributed by atoms with Crippen molar-refractivity contribution in [2.75, 3.05) is 19.5 Å². The highest BCUT2D eigenvalue weighted by atomic mass is 35.5. The largest absolute Gasteiger partial charge is 0.497 e. The fourth-order valence-corrected chi connectivity index (χ4v) is 1.30. The molecule has 0 saturated carbocycles. The van der Waals surface area contributed by atoms with Gasteiger partial charge in [0.15, 0.2) is 0 Å². The van der Waals surface area contributed by atoms with Crippen molar-refractivity contribution in [3.8, 4) is 5.75 Å². The van der Waals surface area contributed by atoms with Gasteiger partial charge in [-0.3, -0.25) is 0 Å². The molecule has 1 aromatic rings. The number of hydrogen-bond acceptors (Lipinski definition) is 2. The zero-order valence-corrected chi connectivity index (χ0v) is 9.18. The van der Waals surface area contributed by atoms with Gasteiger partial charge in [0.1, 0.15) is 5.75 Å². The van der Waals surface area contributed by atoms with Gasteiger partial charge < -0.3 is 10.1 Å². The van der Waals surface area contributed by atoms with Gasteiger partial charge in [0.25, 0.3) is 0 Å². The number of rotatable bonds is 6. The summed E-state index contributed by atoms with van der Waals surface area (Å²) in [5.41, 5.74) is 1.26. The summed E-state index contributed by atoms with van der Waals surface area (Å²) < 4.78 is 5.07. The molecule has 0 aliphatic rings. The van der Waals surface area contributed by atoms with Gasteiger partial charge in [-0.1, -0.05) is 12.1 Å². The summed E-state index contributed by atoms with van der Waals surface area (Å²) in [7, 11) is 1.67. The lowest BCUT2D eigenvalue weighted by molar-refractivity contribution is 0.414. The molecule has 78 valence electrons. The first-order valence-electron chi connectivity index (χ1n) is 4.76. The minimum Gasteiger partial charge on any atom is -0.497 e. The zero-order chi connectivity index (χ0) is 10.2. The van der Waals surface area contributed by atoms with E-state index in [1.165, 1.54) is 5.56 Å². The highest BCUT2D eigenvalue weighted by Crippen LogP contribution is 2.10. The van der Waals surface area contributed by atoms with Crippen LogP contribution in [0.1, 0.15) is 12.0 Å². The molecule has 0 bridgehead atoms. The van der Waals surface area contributed by atoms with E-state index in [2.05, 4.69) is 17.4 Å². The van der Waals surface area contributed by atoms with Gasteiger partial charge in [0.05, 0.1) is 7.11 Å². The van der Waals surface area contributed by atoms with Crippen LogP contribution in [0.4, 0.5) is 0 Å². The van der Waals surface area contributed by atoms with Crippen LogP contribution in [0.3, 0.4) is 0 Å². The maximum atomic E-state index is 5.57. The van der Waals surface area contributed by atoms with E-state index < -0.39 is 0 Å². The van der Waals surface area contributed by atoms with Crippen LogP contribution in [-0.4, -0.2) is 19.5 Å². The molecule has 0 heterocycles.